The molecule has 2 aliphatic heterocycles. The molecule has 1 aromatic rings. The third kappa shape index (κ3) is 2.73. The van der Waals surface area contributed by atoms with Gasteiger partial charge in [0.15, 0.2) is 0 Å². The van der Waals surface area contributed by atoms with E-state index in [9.17, 15) is 4.79 Å². The number of piperazine rings is 1. The Balaban J connectivity index is 1.65. The molecular weight excluding hydrogens is 288 g/mol. The van der Waals surface area contributed by atoms with E-state index >= 15 is 0 Å². The molecule has 0 radical (unpaired) electrons. The number of nitrogens with zero attached hydrogens (tertiary/aromatic N) is 2. The summed E-state index contributed by atoms with van der Waals surface area (Å²) in [6.07, 6.45) is 6.45. The maximum absolute atomic E-state index is 12.7. The Hall–Kier alpha value is -0.960. The predicted molar refractivity (Wildman–Crippen MR) is 85.1 cm³/mol. The molecule has 0 unspecified atom stereocenters. The summed E-state index contributed by atoms with van der Waals surface area (Å²) in [4.78, 5) is 18.4. The van der Waals surface area contributed by atoms with Gasteiger partial charge in [0.2, 0.25) is 5.91 Å². The van der Waals surface area contributed by atoms with Crippen molar-refractivity contribution < 1.29 is 4.79 Å². The molecule has 1 amide bonds. The lowest BCUT2D eigenvalue weighted by Gasteiger charge is -2.36. The van der Waals surface area contributed by atoms with Crippen molar-refractivity contribution in [3.8, 4) is 12.3 Å². The van der Waals surface area contributed by atoms with E-state index in [-0.39, 0.29) is 11.2 Å². The van der Waals surface area contributed by atoms with Crippen LogP contribution in [0.5, 0.6) is 0 Å². The third-order valence-electron chi connectivity index (χ3n) is 3.90. The minimum absolute atomic E-state index is 0.0178. The first-order valence-electron chi connectivity index (χ1n) is 6.92. The van der Waals surface area contributed by atoms with Crippen molar-refractivity contribution in [2.45, 2.75) is 11.7 Å². The van der Waals surface area contributed by atoms with Crippen molar-refractivity contribution >= 4 is 29.0 Å². The molecule has 0 bridgehead atoms. The molecule has 0 aromatic carbocycles. The first kappa shape index (κ1) is 14.0. The van der Waals surface area contributed by atoms with Gasteiger partial charge in [-0.1, -0.05) is 5.92 Å². The van der Waals surface area contributed by atoms with Gasteiger partial charge < -0.3 is 4.90 Å². The number of hydrogen-bond donors (Lipinski definition) is 0. The van der Waals surface area contributed by atoms with Crippen LogP contribution in [0.25, 0.3) is 0 Å². The van der Waals surface area contributed by atoms with Gasteiger partial charge in [0.25, 0.3) is 0 Å². The van der Waals surface area contributed by atoms with Crippen LogP contribution in [0.3, 0.4) is 0 Å². The van der Waals surface area contributed by atoms with E-state index in [1.807, 2.05) is 4.90 Å². The fraction of sp³-hybridized carbons (Fsp3) is 0.533. The second-order valence-electron chi connectivity index (χ2n) is 5.11. The second-order valence-corrected chi connectivity index (χ2v) is 7.32. The molecule has 1 atom stereocenters. The van der Waals surface area contributed by atoms with Crippen LogP contribution in [0.2, 0.25) is 0 Å². The molecule has 1 saturated heterocycles. The monoisotopic (exact) mass is 306 g/mol. The zero-order chi connectivity index (χ0) is 13.9. The van der Waals surface area contributed by atoms with Gasteiger partial charge in [-0.15, -0.1) is 29.5 Å². The first-order valence-corrected chi connectivity index (χ1v) is 8.85. The van der Waals surface area contributed by atoms with Crippen LogP contribution in [0.4, 0.5) is 0 Å². The summed E-state index contributed by atoms with van der Waals surface area (Å²) in [6, 6.07) is 2.13. The Bertz CT molecular complexity index is 526. The molecule has 1 fully saturated rings. The number of amides is 1. The van der Waals surface area contributed by atoms with Crippen molar-refractivity contribution in [2.75, 3.05) is 38.5 Å². The Morgan fingerprint density at radius 3 is 2.95 bits per heavy atom. The van der Waals surface area contributed by atoms with Crippen LogP contribution in [0.15, 0.2) is 11.4 Å². The van der Waals surface area contributed by atoms with Crippen LogP contribution in [-0.2, 0) is 11.2 Å². The van der Waals surface area contributed by atoms with Crippen LogP contribution in [0.1, 0.15) is 15.7 Å². The van der Waals surface area contributed by atoms with Crippen molar-refractivity contribution in [2.24, 2.45) is 0 Å². The van der Waals surface area contributed by atoms with Gasteiger partial charge >= 0.3 is 0 Å². The molecule has 0 aliphatic carbocycles. The Labute approximate surface area is 128 Å². The van der Waals surface area contributed by atoms with Gasteiger partial charge in [0, 0.05) is 31.1 Å². The molecule has 20 heavy (non-hydrogen) atoms. The summed E-state index contributed by atoms with van der Waals surface area (Å²) in [5, 5.41) is 2.13. The number of carbonyl (C=O) groups excluding carboxylic acids is 1. The van der Waals surface area contributed by atoms with E-state index in [1.165, 1.54) is 10.4 Å². The SMILES string of the molecule is C#CCN1CCN(C(=O)[C@@H]2SCCc3sccc32)CC1. The van der Waals surface area contributed by atoms with E-state index in [2.05, 4.69) is 22.3 Å². The normalized spacial score (nSPS) is 23.1. The van der Waals surface area contributed by atoms with E-state index in [1.54, 1.807) is 23.1 Å². The number of aryl methyl sites for hydroxylation is 1. The molecule has 3 heterocycles. The topological polar surface area (TPSA) is 23.6 Å². The molecule has 2 aliphatic rings. The fourth-order valence-electron chi connectivity index (χ4n) is 2.77. The van der Waals surface area contributed by atoms with Crippen LogP contribution in [-0.4, -0.2) is 54.2 Å². The van der Waals surface area contributed by atoms with Gasteiger partial charge in [-0.05, 0) is 29.2 Å². The number of hydrogen-bond acceptors (Lipinski definition) is 4. The summed E-state index contributed by atoms with van der Waals surface area (Å²) in [6.45, 7) is 4.08. The quantitative estimate of drug-likeness (QED) is 0.779. The number of carbonyl (C=O) groups is 1. The van der Waals surface area contributed by atoms with Gasteiger partial charge in [-0.25, -0.2) is 0 Å². The molecule has 3 rings (SSSR count). The smallest absolute Gasteiger partial charge is 0.240 e. The highest BCUT2D eigenvalue weighted by molar-refractivity contribution is 8.00. The zero-order valence-electron chi connectivity index (χ0n) is 11.4. The lowest BCUT2D eigenvalue weighted by molar-refractivity contribution is -0.132. The molecule has 3 nitrogen and oxygen atoms in total. The number of terminal acetylenes is 1. The van der Waals surface area contributed by atoms with Gasteiger partial charge in [0.1, 0.15) is 5.25 Å². The lowest BCUT2D eigenvalue weighted by atomic mass is 10.1. The van der Waals surface area contributed by atoms with Crippen molar-refractivity contribution in [1.29, 1.82) is 0 Å². The largest absolute Gasteiger partial charge is 0.339 e. The average Bonchev–Trinajstić information content (AvgIpc) is 2.96. The molecule has 0 spiro atoms. The molecular formula is C15H18N2OS2. The highest BCUT2D eigenvalue weighted by Gasteiger charge is 2.32. The van der Waals surface area contributed by atoms with E-state index in [0.717, 1.165) is 38.4 Å². The van der Waals surface area contributed by atoms with Gasteiger partial charge in [-0.3, -0.25) is 9.69 Å². The van der Waals surface area contributed by atoms with Crippen molar-refractivity contribution in [1.82, 2.24) is 9.80 Å². The highest BCUT2D eigenvalue weighted by Crippen LogP contribution is 2.40. The number of thiophene rings is 1. The Kier molecular flexibility index (Phi) is 4.35. The van der Waals surface area contributed by atoms with Crippen molar-refractivity contribution in [3.63, 3.8) is 0 Å². The third-order valence-corrected chi connectivity index (χ3v) is 6.12. The zero-order valence-corrected chi connectivity index (χ0v) is 13.0. The molecule has 106 valence electrons. The van der Waals surface area contributed by atoms with E-state index in [4.69, 9.17) is 6.42 Å². The van der Waals surface area contributed by atoms with E-state index < -0.39 is 0 Å². The Morgan fingerprint density at radius 1 is 1.40 bits per heavy atom. The van der Waals surface area contributed by atoms with E-state index in [0.29, 0.717) is 6.54 Å². The molecule has 0 N–H and O–H groups in total. The van der Waals surface area contributed by atoms with Crippen molar-refractivity contribution in [3.05, 3.63) is 21.9 Å². The van der Waals surface area contributed by atoms with Crippen LogP contribution < -0.4 is 0 Å². The summed E-state index contributed by atoms with van der Waals surface area (Å²) < 4.78 is 0. The minimum atomic E-state index is 0.0178. The predicted octanol–water partition coefficient (Wildman–Crippen LogP) is 1.86. The minimum Gasteiger partial charge on any atom is -0.339 e. The standard InChI is InChI=1S/C15H18N2OS2/c1-2-5-16-6-8-17(9-7-16)15(18)14-12-3-10-19-13(12)4-11-20-14/h1,3,10,14H,4-9,11H2/t14-/m1/s1. The molecule has 5 heteroatoms. The van der Waals surface area contributed by atoms with Crippen LogP contribution in [0, 0.1) is 12.3 Å². The number of rotatable bonds is 2. The number of fused-ring (bicyclic) bond motifs is 1. The first-order chi connectivity index (χ1) is 9.79. The summed E-state index contributed by atoms with van der Waals surface area (Å²) >= 11 is 3.58. The summed E-state index contributed by atoms with van der Waals surface area (Å²) in [7, 11) is 0. The maximum Gasteiger partial charge on any atom is 0.240 e. The van der Waals surface area contributed by atoms with Gasteiger partial charge in [-0.2, -0.15) is 0 Å². The Morgan fingerprint density at radius 2 is 2.20 bits per heavy atom. The lowest BCUT2D eigenvalue weighted by Crippen LogP contribution is -2.49. The molecule has 0 saturated carbocycles. The summed E-state index contributed by atoms with van der Waals surface area (Å²) in [5.74, 6) is 4.02. The maximum atomic E-state index is 12.7. The highest BCUT2D eigenvalue weighted by atomic mass is 32.2. The average molecular weight is 306 g/mol. The summed E-state index contributed by atoms with van der Waals surface area (Å²) in [5.41, 5.74) is 1.25. The fourth-order valence-corrected chi connectivity index (χ4v) is 5.15. The van der Waals surface area contributed by atoms with Gasteiger partial charge in [0.05, 0.1) is 6.54 Å². The van der Waals surface area contributed by atoms with Crippen LogP contribution >= 0.6 is 23.1 Å². The molecule has 1 aromatic heterocycles. The second kappa shape index (κ2) is 6.21. The number of thioether (sulfide) groups is 1.